The SMILES string of the molecule is CCc1nn2c(C)cc(C)nc2c1Cc1ccc(C=CCN2CCN(C(=O)CN)CC2)cc1.Cl.Cl. The van der Waals surface area contributed by atoms with E-state index in [2.05, 4.69) is 61.2 Å². The van der Waals surface area contributed by atoms with Crippen molar-refractivity contribution in [3.63, 3.8) is 0 Å². The zero-order chi connectivity index (χ0) is 23.4. The molecule has 4 rings (SSSR count). The van der Waals surface area contributed by atoms with Gasteiger partial charge in [0.25, 0.3) is 0 Å². The van der Waals surface area contributed by atoms with Crippen molar-refractivity contribution >= 4 is 42.4 Å². The van der Waals surface area contributed by atoms with Gasteiger partial charge in [0.2, 0.25) is 5.91 Å². The lowest BCUT2D eigenvalue weighted by Gasteiger charge is -2.33. The number of benzene rings is 1. The minimum atomic E-state index is 0. The van der Waals surface area contributed by atoms with Crippen molar-refractivity contribution in [1.82, 2.24) is 24.4 Å². The van der Waals surface area contributed by atoms with E-state index in [0.29, 0.717) is 0 Å². The molecule has 7 nitrogen and oxygen atoms in total. The number of fused-ring (bicyclic) bond motifs is 1. The lowest BCUT2D eigenvalue weighted by Crippen LogP contribution is -2.50. The Hall–Kier alpha value is -2.45. The molecule has 190 valence electrons. The van der Waals surface area contributed by atoms with Crippen molar-refractivity contribution in [2.24, 2.45) is 5.73 Å². The van der Waals surface area contributed by atoms with Gasteiger partial charge in [0, 0.05) is 56.1 Å². The van der Waals surface area contributed by atoms with Gasteiger partial charge in [-0.25, -0.2) is 9.50 Å². The van der Waals surface area contributed by atoms with E-state index >= 15 is 0 Å². The number of amides is 1. The normalized spacial score (nSPS) is 14.2. The molecule has 1 aliphatic heterocycles. The highest BCUT2D eigenvalue weighted by Gasteiger charge is 2.19. The van der Waals surface area contributed by atoms with Crippen molar-refractivity contribution in [2.45, 2.75) is 33.6 Å². The summed E-state index contributed by atoms with van der Waals surface area (Å²) in [6.07, 6.45) is 6.10. The Morgan fingerprint density at radius 3 is 2.40 bits per heavy atom. The number of carbonyl (C=O) groups is 1. The van der Waals surface area contributed by atoms with Crippen LogP contribution in [-0.4, -0.2) is 69.6 Å². The maximum absolute atomic E-state index is 11.7. The molecule has 0 bridgehead atoms. The van der Waals surface area contributed by atoms with E-state index < -0.39 is 0 Å². The first-order chi connectivity index (χ1) is 16.0. The molecule has 1 fully saturated rings. The first kappa shape index (κ1) is 28.8. The molecular formula is C26H36Cl2N6O. The molecule has 3 aromatic rings. The fraction of sp³-hybridized carbons (Fsp3) is 0.423. The number of hydrogen-bond donors (Lipinski definition) is 1. The number of rotatable bonds is 7. The maximum Gasteiger partial charge on any atom is 0.236 e. The summed E-state index contributed by atoms with van der Waals surface area (Å²) in [5, 5.41) is 4.80. The standard InChI is InChI=1S/C26H34N6O.2ClH/c1-4-24-23(26-28-19(2)16-20(3)32(26)29-24)17-22-9-7-21(8-10-22)6-5-11-30-12-14-31(15-13-30)25(33)18-27;;/h5-10,16H,4,11-15,17-18,27H2,1-3H3;2*1H. The molecule has 1 aromatic carbocycles. The fourth-order valence-corrected chi connectivity index (χ4v) is 4.47. The molecule has 0 saturated carbocycles. The van der Waals surface area contributed by atoms with Crippen LogP contribution in [0.4, 0.5) is 0 Å². The molecule has 0 aliphatic carbocycles. The van der Waals surface area contributed by atoms with E-state index in [0.717, 1.165) is 68.3 Å². The van der Waals surface area contributed by atoms with E-state index in [-0.39, 0.29) is 37.3 Å². The topological polar surface area (TPSA) is 79.8 Å². The predicted molar refractivity (Wildman–Crippen MR) is 147 cm³/mol. The fourth-order valence-electron chi connectivity index (χ4n) is 4.47. The highest BCUT2D eigenvalue weighted by atomic mass is 35.5. The molecule has 0 unspecified atom stereocenters. The smallest absolute Gasteiger partial charge is 0.236 e. The van der Waals surface area contributed by atoms with Gasteiger partial charge < -0.3 is 10.6 Å². The number of halogens is 2. The summed E-state index contributed by atoms with van der Waals surface area (Å²) in [4.78, 5) is 20.7. The van der Waals surface area contributed by atoms with Crippen molar-refractivity contribution in [3.8, 4) is 0 Å². The molecule has 3 heterocycles. The number of aromatic nitrogens is 3. The molecule has 0 atom stereocenters. The summed E-state index contributed by atoms with van der Waals surface area (Å²) < 4.78 is 1.98. The average molecular weight is 520 g/mol. The Labute approximate surface area is 220 Å². The van der Waals surface area contributed by atoms with Gasteiger partial charge in [0.05, 0.1) is 12.2 Å². The third-order valence-corrected chi connectivity index (χ3v) is 6.34. The van der Waals surface area contributed by atoms with Crippen LogP contribution in [0.15, 0.2) is 36.4 Å². The van der Waals surface area contributed by atoms with Gasteiger partial charge >= 0.3 is 0 Å². The third kappa shape index (κ3) is 6.82. The lowest BCUT2D eigenvalue weighted by molar-refractivity contribution is -0.131. The molecule has 1 amide bonds. The third-order valence-electron chi connectivity index (χ3n) is 6.34. The Balaban J connectivity index is 0.00000216. The van der Waals surface area contributed by atoms with Crippen molar-refractivity contribution < 1.29 is 4.79 Å². The zero-order valence-corrected chi connectivity index (χ0v) is 22.4. The van der Waals surface area contributed by atoms with Gasteiger partial charge in [0.15, 0.2) is 5.65 Å². The van der Waals surface area contributed by atoms with Crippen LogP contribution in [0.25, 0.3) is 11.7 Å². The van der Waals surface area contributed by atoms with E-state index in [4.69, 9.17) is 15.8 Å². The molecule has 0 radical (unpaired) electrons. The molecule has 2 aromatic heterocycles. The Morgan fingerprint density at radius 2 is 1.77 bits per heavy atom. The van der Waals surface area contributed by atoms with Crippen LogP contribution >= 0.6 is 24.8 Å². The van der Waals surface area contributed by atoms with Crippen molar-refractivity contribution in [2.75, 3.05) is 39.3 Å². The molecule has 1 saturated heterocycles. The summed E-state index contributed by atoms with van der Waals surface area (Å²) in [5.74, 6) is 0.0431. The van der Waals surface area contributed by atoms with Crippen LogP contribution in [0, 0.1) is 13.8 Å². The minimum absolute atomic E-state index is 0. The summed E-state index contributed by atoms with van der Waals surface area (Å²) >= 11 is 0. The van der Waals surface area contributed by atoms with E-state index in [1.807, 2.05) is 16.3 Å². The number of carbonyl (C=O) groups excluding carboxylic acids is 1. The summed E-state index contributed by atoms with van der Waals surface area (Å²) in [6.45, 7) is 10.6. The number of piperazine rings is 1. The van der Waals surface area contributed by atoms with Crippen molar-refractivity contribution in [1.29, 1.82) is 0 Å². The van der Waals surface area contributed by atoms with Crippen LogP contribution in [0.2, 0.25) is 0 Å². The van der Waals surface area contributed by atoms with Gasteiger partial charge in [-0.05, 0) is 37.5 Å². The van der Waals surface area contributed by atoms with E-state index in [9.17, 15) is 4.79 Å². The molecule has 0 spiro atoms. The Kier molecular flexibility index (Phi) is 10.7. The predicted octanol–water partition coefficient (Wildman–Crippen LogP) is 3.46. The van der Waals surface area contributed by atoms with E-state index in [1.54, 1.807) is 0 Å². The molecule has 1 aliphatic rings. The second-order valence-electron chi connectivity index (χ2n) is 8.76. The summed E-state index contributed by atoms with van der Waals surface area (Å²) in [6, 6.07) is 10.8. The summed E-state index contributed by atoms with van der Waals surface area (Å²) in [7, 11) is 0. The van der Waals surface area contributed by atoms with Gasteiger partial charge in [-0.3, -0.25) is 9.69 Å². The number of nitrogens with two attached hydrogens (primary N) is 1. The van der Waals surface area contributed by atoms with Crippen LogP contribution in [0.1, 0.15) is 40.7 Å². The quantitative estimate of drug-likeness (QED) is 0.517. The largest absolute Gasteiger partial charge is 0.339 e. The number of aryl methyl sites for hydroxylation is 3. The Morgan fingerprint density at radius 1 is 1.09 bits per heavy atom. The van der Waals surface area contributed by atoms with Gasteiger partial charge in [0.1, 0.15) is 0 Å². The molecular weight excluding hydrogens is 483 g/mol. The lowest BCUT2D eigenvalue weighted by atomic mass is 10.0. The molecule has 2 N–H and O–H groups in total. The average Bonchev–Trinajstić information content (AvgIpc) is 3.17. The highest BCUT2D eigenvalue weighted by molar-refractivity contribution is 5.85. The first-order valence-electron chi connectivity index (χ1n) is 11.8. The van der Waals surface area contributed by atoms with Crippen LogP contribution in [-0.2, 0) is 17.6 Å². The Bertz CT molecular complexity index is 1150. The maximum atomic E-state index is 11.7. The highest BCUT2D eigenvalue weighted by Crippen LogP contribution is 2.21. The van der Waals surface area contributed by atoms with Crippen LogP contribution in [0.5, 0.6) is 0 Å². The first-order valence-corrected chi connectivity index (χ1v) is 11.8. The number of hydrogen-bond acceptors (Lipinski definition) is 5. The van der Waals surface area contributed by atoms with Gasteiger partial charge in [-0.2, -0.15) is 5.10 Å². The molecule has 9 heteroatoms. The van der Waals surface area contributed by atoms with Crippen LogP contribution in [0.3, 0.4) is 0 Å². The minimum Gasteiger partial charge on any atom is -0.339 e. The van der Waals surface area contributed by atoms with E-state index in [1.165, 1.54) is 16.7 Å². The molecule has 35 heavy (non-hydrogen) atoms. The second-order valence-corrected chi connectivity index (χ2v) is 8.76. The van der Waals surface area contributed by atoms with Crippen molar-refractivity contribution in [3.05, 3.63) is 70.2 Å². The van der Waals surface area contributed by atoms with Crippen LogP contribution < -0.4 is 5.73 Å². The number of nitrogens with zero attached hydrogens (tertiary/aromatic N) is 5. The van der Waals surface area contributed by atoms with Gasteiger partial charge in [-0.1, -0.05) is 43.3 Å². The monoisotopic (exact) mass is 518 g/mol. The zero-order valence-electron chi connectivity index (χ0n) is 20.7. The summed E-state index contributed by atoms with van der Waals surface area (Å²) in [5.41, 5.74) is 13.4. The second kappa shape index (κ2) is 13.0. The van der Waals surface area contributed by atoms with Gasteiger partial charge in [-0.15, -0.1) is 24.8 Å².